The first-order valence-electron chi connectivity index (χ1n) is 8.12. The fourth-order valence-electron chi connectivity index (χ4n) is 2.68. The molecular weight excluding hydrogens is 316 g/mol. The standard InChI is InChI=1S/C18H20N6O/c1-3-23(16-7-5-4-6-8-16)18(25)12-19-15-9-10-17(14(2)11-15)24-13-20-21-22-24/h4-11,13,19H,3,12H2,1-2H3. The maximum Gasteiger partial charge on any atom is 0.246 e. The zero-order valence-electron chi connectivity index (χ0n) is 14.3. The molecule has 0 saturated carbocycles. The Morgan fingerprint density at radius 1 is 1.20 bits per heavy atom. The van der Waals surface area contributed by atoms with Crippen LogP contribution in [0.25, 0.3) is 5.69 Å². The van der Waals surface area contributed by atoms with Crippen molar-refractivity contribution in [2.75, 3.05) is 23.3 Å². The van der Waals surface area contributed by atoms with Gasteiger partial charge in [0.05, 0.1) is 12.2 Å². The number of anilines is 2. The van der Waals surface area contributed by atoms with Gasteiger partial charge < -0.3 is 10.2 Å². The predicted octanol–water partition coefficient (Wildman–Crippen LogP) is 2.44. The predicted molar refractivity (Wildman–Crippen MR) is 96.8 cm³/mol. The first-order chi connectivity index (χ1) is 12.2. The number of para-hydroxylation sites is 1. The Hall–Kier alpha value is -3.22. The van der Waals surface area contributed by atoms with E-state index in [-0.39, 0.29) is 12.5 Å². The zero-order valence-corrected chi connectivity index (χ0v) is 14.3. The van der Waals surface area contributed by atoms with Crippen molar-refractivity contribution in [2.45, 2.75) is 13.8 Å². The quantitative estimate of drug-likeness (QED) is 0.748. The molecule has 128 valence electrons. The molecule has 2 aromatic carbocycles. The molecule has 7 heteroatoms. The van der Waals surface area contributed by atoms with Gasteiger partial charge in [-0.2, -0.15) is 0 Å². The van der Waals surface area contributed by atoms with E-state index in [0.29, 0.717) is 6.54 Å². The van der Waals surface area contributed by atoms with Gasteiger partial charge in [0.1, 0.15) is 6.33 Å². The minimum Gasteiger partial charge on any atom is -0.376 e. The molecule has 0 saturated heterocycles. The van der Waals surface area contributed by atoms with E-state index < -0.39 is 0 Å². The number of likely N-dealkylation sites (N-methyl/N-ethyl adjacent to an activating group) is 1. The number of hydrogen-bond donors (Lipinski definition) is 1. The van der Waals surface area contributed by atoms with Crippen molar-refractivity contribution >= 4 is 17.3 Å². The molecule has 3 rings (SSSR count). The van der Waals surface area contributed by atoms with Crippen LogP contribution in [0, 0.1) is 6.92 Å². The van der Waals surface area contributed by atoms with E-state index in [2.05, 4.69) is 20.8 Å². The molecule has 7 nitrogen and oxygen atoms in total. The van der Waals surface area contributed by atoms with E-state index in [9.17, 15) is 4.79 Å². The molecule has 1 heterocycles. The summed E-state index contributed by atoms with van der Waals surface area (Å²) in [5, 5.41) is 14.4. The number of benzene rings is 2. The third-order valence-corrected chi connectivity index (χ3v) is 3.92. The van der Waals surface area contributed by atoms with Gasteiger partial charge in [-0.3, -0.25) is 4.79 Å². The Morgan fingerprint density at radius 2 is 2.00 bits per heavy atom. The fourth-order valence-corrected chi connectivity index (χ4v) is 2.68. The van der Waals surface area contributed by atoms with Crippen LogP contribution in [-0.2, 0) is 4.79 Å². The fraction of sp³-hybridized carbons (Fsp3) is 0.222. The van der Waals surface area contributed by atoms with Gasteiger partial charge in [-0.05, 0) is 60.2 Å². The molecule has 0 atom stereocenters. The van der Waals surface area contributed by atoms with E-state index in [1.165, 1.54) is 0 Å². The lowest BCUT2D eigenvalue weighted by atomic mass is 10.2. The van der Waals surface area contributed by atoms with Crippen LogP contribution in [0.2, 0.25) is 0 Å². The number of tetrazole rings is 1. The van der Waals surface area contributed by atoms with E-state index in [1.54, 1.807) is 15.9 Å². The molecule has 1 amide bonds. The Kier molecular flexibility index (Phi) is 5.03. The molecule has 1 aromatic heterocycles. The lowest BCUT2D eigenvalue weighted by Gasteiger charge is -2.21. The number of hydrogen-bond acceptors (Lipinski definition) is 5. The molecule has 0 aliphatic carbocycles. The molecule has 0 spiro atoms. The van der Waals surface area contributed by atoms with E-state index in [1.807, 2.05) is 62.4 Å². The maximum atomic E-state index is 12.5. The molecule has 0 unspecified atom stereocenters. The number of nitrogens with zero attached hydrogens (tertiary/aromatic N) is 5. The van der Waals surface area contributed by atoms with Crippen LogP contribution in [0.5, 0.6) is 0 Å². The largest absolute Gasteiger partial charge is 0.376 e. The number of carbonyl (C=O) groups excluding carboxylic acids is 1. The summed E-state index contributed by atoms with van der Waals surface area (Å²) in [6, 6.07) is 15.5. The van der Waals surface area contributed by atoms with Gasteiger partial charge in [-0.1, -0.05) is 18.2 Å². The summed E-state index contributed by atoms with van der Waals surface area (Å²) in [5.74, 6) is 0.0240. The van der Waals surface area contributed by atoms with Gasteiger partial charge in [0.2, 0.25) is 5.91 Å². The molecule has 0 radical (unpaired) electrons. The van der Waals surface area contributed by atoms with Gasteiger partial charge in [-0.15, -0.1) is 5.10 Å². The second kappa shape index (κ2) is 7.57. The highest BCUT2D eigenvalue weighted by atomic mass is 16.2. The molecule has 0 bridgehead atoms. The smallest absolute Gasteiger partial charge is 0.246 e. The normalized spacial score (nSPS) is 10.5. The summed E-state index contributed by atoms with van der Waals surface area (Å²) in [6.07, 6.45) is 1.55. The summed E-state index contributed by atoms with van der Waals surface area (Å²) in [4.78, 5) is 14.3. The number of nitrogens with one attached hydrogen (secondary N) is 1. The van der Waals surface area contributed by atoms with Crippen molar-refractivity contribution < 1.29 is 4.79 Å². The second-order valence-electron chi connectivity index (χ2n) is 5.58. The summed E-state index contributed by atoms with van der Waals surface area (Å²) < 4.78 is 1.61. The van der Waals surface area contributed by atoms with Gasteiger partial charge in [-0.25, -0.2) is 4.68 Å². The lowest BCUT2D eigenvalue weighted by molar-refractivity contribution is -0.116. The first kappa shape index (κ1) is 16.6. The van der Waals surface area contributed by atoms with E-state index in [0.717, 1.165) is 22.6 Å². The molecule has 25 heavy (non-hydrogen) atoms. The van der Waals surface area contributed by atoms with Crippen molar-refractivity contribution in [3.05, 3.63) is 60.4 Å². The highest BCUT2D eigenvalue weighted by Gasteiger charge is 2.13. The molecular formula is C18H20N6O. The van der Waals surface area contributed by atoms with Crippen LogP contribution < -0.4 is 10.2 Å². The zero-order chi connectivity index (χ0) is 17.6. The minimum absolute atomic E-state index is 0.0240. The number of aromatic nitrogens is 4. The van der Waals surface area contributed by atoms with Crippen LogP contribution in [0.4, 0.5) is 11.4 Å². The average Bonchev–Trinajstić information content (AvgIpc) is 3.16. The Morgan fingerprint density at radius 3 is 2.64 bits per heavy atom. The van der Waals surface area contributed by atoms with Crippen LogP contribution >= 0.6 is 0 Å². The first-order valence-corrected chi connectivity index (χ1v) is 8.12. The summed E-state index contributed by atoms with van der Waals surface area (Å²) in [5.41, 5.74) is 3.70. The van der Waals surface area contributed by atoms with Crippen molar-refractivity contribution in [1.29, 1.82) is 0 Å². The average molecular weight is 336 g/mol. The van der Waals surface area contributed by atoms with Crippen LogP contribution in [0.15, 0.2) is 54.9 Å². The van der Waals surface area contributed by atoms with Crippen molar-refractivity contribution in [2.24, 2.45) is 0 Å². The number of amides is 1. The van der Waals surface area contributed by atoms with E-state index in [4.69, 9.17) is 0 Å². The molecule has 0 aliphatic rings. The summed E-state index contributed by atoms with van der Waals surface area (Å²) in [7, 11) is 0. The topological polar surface area (TPSA) is 75.9 Å². The molecule has 1 N–H and O–H groups in total. The van der Waals surface area contributed by atoms with Crippen molar-refractivity contribution in [1.82, 2.24) is 20.2 Å². The highest BCUT2D eigenvalue weighted by Crippen LogP contribution is 2.18. The van der Waals surface area contributed by atoms with Gasteiger partial charge in [0.25, 0.3) is 0 Å². The van der Waals surface area contributed by atoms with Crippen LogP contribution in [0.3, 0.4) is 0 Å². The highest BCUT2D eigenvalue weighted by molar-refractivity contribution is 5.96. The molecule has 3 aromatic rings. The second-order valence-corrected chi connectivity index (χ2v) is 5.58. The SMILES string of the molecule is CCN(C(=O)CNc1ccc(-n2cnnn2)c(C)c1)c1ccccc1. The third-order valence-electron chi connectivity index (χ3n) is 3.92. The van der Waals surface area contributed by atoms with Crippen LogP contribution in [0.1, 0.15) is 12.5 Å². The lowest BCUT2D eigenvalue weighted by Crippen LogP contribution is -2.35. The van der Waals surface area contributed by atoms with Gasteiger partial charge in [0.15, 0.2) is 0 Å². The monoisotopic (exact) mass is 336 g/mol. The Labute approximate surface area is 146 Å². The Balaban J connectivity index is 1.67. The summed E-state index contributed by atoms with van der Waals surface area (Å²) >= 11 is 0. The van der Waals surface area contributed by atoms with Crippen molar-refractivity contribution in [3.63, 3.8) is 0 Å². The Bertz CT molecular complexity index is 832. The molecule has 0 aliphatic heterocycles. The minimum atomic E-state index is 0.0240. The number of carbonyl (C=O) groups is 1. The van der Waals surface area contributed by atoms with Crippen molar-refractivity contribution in [3.8, 4) is 5.69 Å². The summed E-state index contributed by atoms with van der Waals surface area (Å²) in [6.45, 7) is 4.80. The number of rotatable bonds is 6. The van der Waals surface area contributed by atoms with Crippen LogP contribution in [-0.4, -0.2) is 39.2 Å². The molecule has 0 fully saturated rings. The third kappa shape index (κ3) is 3.82. The number of aryl methyl sites for hydroxylation is 1. The van der Waals surface area contributed by atoms with E-state index >= 15 is 0 Å². The van der Waals surface area contributed by atoms with Gasteiger partial charge >= 0.3 is 0 Å². The maximum absolute atomic E-state index is 12.5. The van der Waals surface area contributed by atoms with Gasteiger partial charge in [0, 0.05) is 17.9 Å².